The van der Waals surface area contributed by atoms with Crippen LogP contribution in [0.2, 0.25) is 0 Å². The lowest BCUT2D eigenvalue weighted by molar-refractivity contribution is -0.139. The van der Waals surface area contributed by atoms with Gasteiger partial charge in [0.05, 0.1) is 11.7 Å². The van der Waals surface area contributed by atoms with Crippen LogP contribution in [0.3, 0.4) is 0 Å². The number of nitrogens with zero attached hydrogens (tertiary/aromatic N) is 1. The average molecular weight is 444 g/mol. The SMILES string of the molecule is O=C(Nc1ccc(F)cc1)C(c1ccccc1C(F)(F)F)N1CCCC1NS(=O)[O-]. The molecule has 162 valence electrons. The molecule has 1 amide bonds. The number of nitrogens with one attached hydrogen (secondary N) is 2. The van der Waals surface area contributed by atoms with Gasteiger partial charge in [-0.05, 0) is 48.7 Å². The van der Waals surface area contributed by atoms with Crippen LogP contribution in [0.5, 0.6) is 0 Å². The quantitative estimate of drug-likeness (QED) is 0.529. The summed E-state index contributed by atoms with van der Waals surface area (Å²) in [4.78, 5) is 14.5. The van der Waals surface area contributed by atoms with Crippen LogP contribution in [0.1, 0.15) is 30.0 Å². The van der Waals surface area contributed by atoms with Crippen molar-refractivity contribution in [2.24, 2.45) is 0 Å². The third kappa shape index (κ3) is 5.22. The normalized spacial score (nSPS) is 19.4. The van der Waals surface area contributed by atoms with Crippen LogP contribution in [0.4, 0.5) is 23.2 Å². The third-order valence-corrected chi connectivity index (χ3v) is 5.24. The van der Waals surface area contributed by atoms with E-state index >= 15 is 0 Å². The third-order valence-electron chi connectivity index (χ3n) is 4.78. The molecule has 11 heteroatoms. The fourth-order valence-electron chi connectivity index (χ4n) is 3.54. The summed E-state index contributed by atoms with van der Waals surface area (Å²) in [6.07, 6.45) is -4.73. The number of likely N-dealkylation sites (tertiary alicyclic amines) is 1. The van der Waals surface area contributed by atoms with Crippen LogP contribution >= 0.6 is 0 Å². The van der Waals surface area contributed by atoms with Crippen LogP contribution in [0.15, 0.2) is 48.5 Å². The van der Waals surface area contributed by atoms with E-state index in [2.05, 4.69) is 10.0 Å². The van der Waals surface area contributed by atoms with Crippen molar-refractivity contribution in [3.05, 3.63) is 65.5 Å². The topological polar surface area (TPSA) is 84.5 Å². The molecule has 0 aliphatic carbocycles. The van der Waals surface area contributed by atoms with Gasteiger partial charge in [-0.15, -0.1) is 0 Å². The van der Waals surface area contributed by atoms with Crippen molar-refractivity contribution in [2.75, 3.05) is 11.9 Å². The van der Waals surface area contributed by atoms with Gasteiger partial charge >= 0.3 is 6.18 Å². The highest BCUT2D eigenvalue weighted by molar-refractivity contribution is 7.77. The molecule has 2 aromatic carbocycles. The molecule has 3 rings (SSSR count). The highest BCUT2D eigenvalue weighted by Crippen LogP contribution is 2.38. The minimum absolute atomic E-state index is 0.201. The number of carbonyl (C=O) groups excluding carboxylic acids is 1. The highest BCUT2D eigenvalue weighted by atomic mass is 32.2. The smallest absolute Gasteiger partial charge is 0.416 e. The van der Waals surface area contributed by atoms with Gasteiger partial charge in [-0.25, -0.2) is 9.11 Å². The van der Waals surface area contributed by atoms with E-state index < -0.39 is 46.9 Å². The molecule has 0 spiro atoms. The second-order valence-electron chi connectivity index (χ2n) is 6.73. The Kier molecular flexibility index (Phi) is 6.86. The van der Waals surface area contributed by atoms with E-state index in [4.69, 9.17) is 0 Å². The van der Waals surface area contributed by atoms with Crippen molar-refractivity contribution < 1.29 is 31.1 Å². The van der Waals surface area contributed by atoms with E-state index in [-0.39, 0.29) is 17.8 Å². The second kappa shape index (κ2) is 9.21. The molecule has 3 unspecified atom stereocenters. The molecule has 1 heterocycles. The van der Waals surface area contributed by atoms with Gasteiger partial charge in [-0.3, -0.25) is 13.9 Å². The fraction of sp³-hybridized carbons (Fsp3) is 0.316. The molecule has 3 atom stereocenters. The summed E-state index contributed by atoms with van der Waals surface area (Å²) < 4.78 is 78.5. The summed E-state index contributed by atoms with van der Waals surface area (Å²) in [6, 6.07) is 8.03. The Hall–Kier alpha value is -2.34. The Labute approximate surface area is 172 Å². The van der Waals surface area contributed by atoms with Crippen molar-refractivity contribution in [1.29, 1.82) is 0 Å². The van der Waals surface area contributed by atoms with Crippen LogP contribution in [-0.2, 0) is 22.2 Å². The van der Waals surface area contributed by atoms with Crippen molar-refractivity contribution in [3.8, 4) is 0 Å². The van der Waals surface area contributed by atoms with Crippen molar-refractivity contribution in [3.63, 3.8) is 0 Å². The van der Waals surface area contributed by atoms with E-state index in [9.17, 15) is 31.1 Å². The number of carbonyl (C=O) groups is 1. The molecule has 0 aromatic heterocycles. The molecular formula is C19H18F4N3O3S-. The van der Waals surface area contributed by atoms with Crippen LogP contribution in [0.25, 0.3) is 0 Å². The summed E-state index contributed by atoms with van der Waals surface area (Å²) in [5, 5.41) is 2.50. The van der Waals surface area contributed by atoms with E-state index in [1.807, 2.05) is 0 Å². The number of halogens is 4. The number of hydrogen-bond donors (Lipinski definition) is 2. The molecule has 1 saturated heterocycles. The summed E-state index contributed by atoms with van der Waals surface area (Å²) in [5.74, 6) is -1.32. The van der Waals surface area contributed by atoms with E-state index in [0.29, 0.717) is 12.8 Å². The molecule has 2 aromatic rings. The van der Waals surface area contributed by atoms with E-state index in [0.717, 1.165) is 18.2 Å². The maximum Gasteiger partial charge on any atom is 0.416 e. The molecule has 6 nitrogen and oxygen atoms in total. The van der Waals surface area contributed by atoms with Crippen LogP contribution in [0, 0.1) is 5.82 Å². The van der Waals surface area contributed by atoms with Crippen molar-refractivity contribution in [1.82, 2.24) is 9.62 Å². The van der Waals surface area contributed by atoms with Crippen molar-refractivity contribution in [2.45, 2.75) is 31.2 Å². The summed E-state index contributed by atoms with van der Waals surface area (Å²) in [7, 11) is 0. The van der Waals surface area contributed by atoms with Crippen molar-refractivity contribution >= 4 is 22.9 Å². The Morgan fingerprint density at radius 3 is 2.47 bits per heavy atom. The maximum atomic E-state index is 13.6. The van der Waals surface area contributed by atoms with Gasteiger partial charge in [0, 0.05) is 23.5 Å². The summed E-state index contributed by atoms with van der Waals surface area (Å²) in [5.41, 5.74) is -1.08. The molecule has 2 N–H and O–H groups in total. The molecule has 1 aliphatic heterocycles. The predicted molar refractivity (Wildman–Crippen MR) is 101 cm³/mol. The zero-order chi connectivity index (χ0) is 21.9. The molecular weight excluding hydrogens is 426 g/mol. The van der Waals surface area contributed by atoms with Gasteiger partial charge in [-0.2, -0.15) is 13.2 Å². The van der Waals surface area contributed by atoms with Gasteiger partial charge in [0.2, 0.25) is 5.91 Å². The molecule has 0 radical (unpaired) electrons. The van der Waals surface area contributed by atoms with Gasteiger partial charge in [0.25, 0.3) is 0 Å². The lowest BCUT2D eigenvalue weighted by Gasteiger charge is -2.34. The molecule has 1 aliphatic rings. The van der Waals surface area contributed by atoms with Gasteiger partial charge in [-0.1, -0.05) is 18.2 Å². The first-order valence-electron chi connectivity index (χ1n) is 9.00. The minimum Gasteiger partial charge on any atom is -0.760 e. The van der Waals surface area contributed by atoms with Gasteiger partial charge < -0.3 is 9.87 Å². The monoisotopic (exact) mass is 444 g/mol. The highest BCUT2D eigenvalue weighted by Gasteiger charge is 2.42. The van der Waals surface area contributed by atoms with Gasteiger partial charge in [0.15, 0.2) is 0 Å². The first-order valence-corrected chi connectivity index (χ1v) is 10.1. The zero-order valence-electron chi connectivity index (χ0n) is 15.5. The lowest BCUT2D eigenvalue weighted by atomic mass is 9.97. The number of hydrogen-bond acceptors (Lipinski definition) is 4. The first kappa shape index (κ1) is 22.3. The number of amides is 1. The van der Waals surface area contributed by atoms with Gasteiger partial charge in [0.1, 0.15) is 11.9 Å². The Morgan fingerprint density at radius 1 is 1.17 bits per heavy atom. The molecule has 0 saturated carbocycles. The largest absolute Gasteiger partial charge is 0.760 e. The average Bonchev–Trinajstić information content (AvgIpc) is 3.10. The predicted octanol–water partition coefficient (Wildman–Crippen LogP) is 3.33. The van der Waals surface area contributed by atoms with E-state index in [1.165, 1.54) is 35.2 Å². The van der Waals surface area contributed by atoms with Crippen LogP contribution in [-0.4, -0.2) is 32.3 Å². The first-order chi connectivity index (χ1) is 14.2. The molecule has 30 heavy (non-hydrogen) atoms. The molecule has 1 fully saturated rings. The zero-order valence-corrected chi connectivity index (χ0v) is 16.3. The fourth-order valence-corrected chi connectivity index (χ4v) is 4.02. The number of anilines is 1. The lowest BCUT2D eigenvalue weighted by Crippen LogP contribution is -2.47. The Bertz CT molecular complexity index is 924. The Balaban J connectivity index is 2.02. The number of alkyl halides is 3. The Morgan fingerprint density at radius 2 is 1.83 bits per heavy atom. The maximum absolute atomic E-state index is 13.6. The van der Waals surface area contributed by atoms with E-state index in [1.54, 1.807) is 0 Å². The molecule has 0 bridgehead atoms. The number of rotatable bonds is 6. The standard InChI is InChI=1S/C19H19F4N3O3S/c20-12-7-9-13(10-8-12)24-18(27)17(26-11-3-6-16(26)25-30(28)29)14-4-1-2-5-15(14)19(21,22)23/h1-2,4-5,7-10,16-17,25H,3,6,11H2,(H,24,27)(H,28,29)/p-1. The second-order valence-corrected chi connectivity index (χ2v) is 7.44. The van der Waals surface area contributed by atoms with Crippen LogP contribution < -0.4 is 10.0 Å². The summed E-state index contributed by atoms with van der Waals surface area (Å²) in [6.45, 7) is 0.211. The minimum atomic E-state index is -4.71. The summed E-state index contributed by atoms with van der Waals surface area (Å²) >= 11 is -2.66. The number of benzene rings is 2.